The Morgan fingerprint density at radius 1 is 1.16 bits per heavy atom. The molecule has 11 heteroatoms. The Hall–Kier alpha value is -1.86. The topological polar surface area (TPSA) is 161 Å². The first-order valence-corrected chi connectivity index (χ1v) is 13.3. The van der Waals surface area contributed by atoms with E-state index in [1.807, 2.05) is 0 Å². The van der Waals surface area contributed by atoms with E-state index < -0.39 is 61.1 Å². The van der Waals surface area contributed by atoms with Gasteiger partial charge in [0, 0.05) is 29.7 Å². The number of hydrogen-bond acceptors (Lipinski definition) is 11. The molecule has 4 N–H and O–H groups in total. The zero-order valence-electron chi connectivity index (χ0n) is 21.9. The molecule has 1 unspecified atom stereocenters. The summed E-state index contributed by atoms with van der Waals surface area (Å²) in [6.07, 6.45) is -1.57. The molecule has 11 atom stereocenters. The first-order chi connectivity index (χ1) is 18.0. The highest BCUT2D eigenvalue weighted by molar-refractivity contribution is 5.93. The van der Waals surface area contributed by atoms with Gasteiger partial charge < -0.3 is 44.1 Å². The number of aliphatic hydroxyl groups is 4. The van der Waals surface area contributed by atoms with E-state index in [2.05, 4.69) is 13.8 Å². The Labute approximate surface area is 221 Å². The van der Waals surface area contributed by atoms with Gasteiger partial charge in [-0.1, -0.05) is 13.8 Å². The third-order valence-electron chi connectivity index (χ3n) is 9.80. The highest BCUT2D eigenvalue weighted by atomic mass is 16.7. The van der Waals surface area contributed by atoms with Crippen molar-refractivity contribution in [2.75, 3.05) is 20.3 Å². The van der Waals surface area contributed by atoms with Gasteiger partial charge in [0.1, 0.15) is 31.0 Å². The molecular formula is C27H38O11. The Kier molecular flexibility index (Phi) is 7.49. The molecule has 212 valence electrons. The van der Waals surface area contributed by atoms with Gasteiger partial charge in [-0.2, -0.15) is 0 Å². The Morgan fingerprint density at radius 3 is 2.63 bits per heavy atom. The van der Waals surface area contributed by atoms with Crippen molar-refractivity contribution in [1.29, 1.82) is 0 Å². The van der Waals surface area contributed by atoms with Crippen LogP contribution in [0.2, 0.25) is 0 Å². The molecule has 0 aromatic rings. The first kappa shape index (κ1) is 27.7. The molecular weight excluding hydrogens is 500 g/mol. The van der Waals surface area contributed by atoms with Crippen LogP contribution in [-0.4, -0.2) is 95.8 Å². The van der Waals surface area contributed by atoms with Gasteiger partial charge in [-0.15, -0.1) is 0 Å². The van der Waals surface area contributed by atoms with Crippen LogP contribution in [0.1, 0.15) is 46.0 Å². The lowest BCUT2D eigenvalue weighted by Crippen LogP contribution is -2.60. The van der Waals surface area contributed by atoms with E-state index in [-0.39, 0.29) is 17.3 Å². The lowest BCUT2D eigenvalue weighted by molar-refractivity contribution is -0.310. The van der Waals surface area contributed by atoms with Crippen molar-refractivity contribution in [3.05, 3.63) is 23.3 Å². The summed E-state index contributed by atoms with van der Waals surface area (Å²) in [6, 6.07) is 0. The second-order valence-corrected chi connectivity index (χ2v) is 11.6. The molecule has 5 rings (SSSR count). The molecule has 3 heterocycles. The number of methoxy groups -OCH3 is 1. The quantitative estimate of drug-likeness (QED) is 0.331. The monoisotopic (exact) mass is 538 g/mol. The molecule has 0 aromatic carbocycles. The van der Waals surface area contributed by atoms with Crippen molar-refractivity contribution in [2.45, 2.75) is 89.1 Å². The standard InChI is InChI=1S/C27H38O11/c1-13-4-7-27-12-35-23(33)16(27)9-15(36-25-22(32)21(31)20(30)17(11-28)37-25)10-18(27)26(13,2)6-5-14-8-19(29)38-24(14)34-3/h8-9,13,15,17-18,20-22,24-25,28,30-32H,4-7,10-12H2,1-3H3/t13-,15-,17-,18-,20-,21+,22-,24?,25-,26-,27-/m1/s1. The molecule has 1 spiro atoms. The maximum absolute atomic E-state index is 12.9. The molecule has 11 nitrogen and oxygen atoms in total. The van der Waals surface area contributed by atoms with E-state index in [1.165, 1.54) is 13.2 Å². The van der Waals surface area contributed by atoms with Crippen molar-refractivity contribution < 1.29 is 53.7 Å². The molecule has 3 fully saturated rings. The molecule has 2 saturated heterocycles. The van der Waals surface area contributed by atoms with E-state index >= 15 is 0 Å². The normalized spacial score (nSPS) is 46.6. The average Bonchev–Trinajstić information content (AvgIpc) is 3.44. The van der Waals surface area contributed by atoms with Crippen LogP contribution in [0.15, 0.2) is 23.3 Å². The van der Waals surface area contributed by atoms with Crippen LogP contribution in [0.4, 0.5) is 0 Å². The summed E-state index contributed by atoms with van der Waals surface area (Å²) in [4.78, 5) is 24.8. The van der Waals surface area contributed by atoms with E-state index in [9.17, 15) is 30.0 Å². The summed E-state index contributed by atoms with van der Waals surface area (Å²) in [7, 11) is 1.50. The minimum Gasteiger partial charge on any atom is -0.461 e. The minimum absolute atomic E-state index is 0.0281. The minimum atomic E-state index is -1.56. The molecule has 0 amide bonds. The highest BCUT2D eigenvalue weighted by Crippen LogP contribution is 2.64. The SMILES string of the molecule is COC1OC(=O)C=C1CC[C@]1(C)[C@H](C)CC[C@@]23COC(=O)C2=C[C@@H](O[C@@H]2O[C@H](CO)[C@@H](O)[C@H](O)[C@H]2O)C[C@@H]31. The highest BCUT2D eigenvalue weighted by Gasteiger charge is 2.62. The van der Waals surface area contributed by atoms with Gasteiger partial charge in [-0.05, 0) is 55.4 Å². The first-order valence-electron chi connectivity index (χ1n) is 13.3. The number of rotatable bonds is 7. The molecule has 38 heavy (non-hydrogen) atoms. The maximum atomic E-state index is 12.9. The third-order valence-corrected chi connectivity index (χ3v) is 9.80. The summed E-state index contributed by atoms with van der Waals surface area (Å²) in [5.74, 6) is -0.540. The van der Waals surface area contributed by atoms with E-state index in [0.29, 0.717) is 30.9 Å². The number of cyclic esters (lactones) is 2. The van der Waals surface area contributed by atoms with Crippen LogP contribution in [0.5, 0.6) is 0 Å². The van der Waals surface area contributed by atoms with Crippen LogP contribution in [0, 0.1) is 22.7 Å². The fourth-order valence-corrected chi connectivity index (χ4v) is 7.32. The molecule has 0 radical (unpaired) electrons. The number of esters is 2. The van der Waals surface area contributed by atoms with Gasteiger partial charge in [-0.25, -0.2) is 9.59 Å². The lowest BCUT2D eigenvalue weighted by atomic mass is 9.46. The molecule has 0 bridgehead atoms. The van der Waals surface area contributed by atoms with Crippen LogP contribution in [-0.2, 0) is 33.3 Å². The van der Waals surface area contributed by atoms with E-state index in [1.54, 1.807) is 6.08 Å². The second kappa shape index (κ2) is 10.3. The van der Waals surface area contributed by atoms with E-state index in [4.69, 9.17) is 23.7 Å². The Balaban J connectivity index is 1.42. The van der Waals surface area contributed by atoms with Gasteiger partial charge in [0.2, 0.25) is 6.29 Å². The van der Waals surface area contributed by atoms with Crippen molar-refractivity contribution in [1.82, 2.24) is 0 Å². The number of ether oxygens (including phenoxy) is 5. The van der Waals surface area contributed by atoms with Crippen molar-refractivity contribution >= 4 is 11.9 Å². The smallest absolute Gasteiger partial charge is 0.334 e. The lowest BCUT2D eigenvalue weighted by Gasteiger charge is -2.57. The largest absolute Gasteiger partial charge is 0.461 e. The molecule has 5 aliphatic rings. The van der Waals surface area contributed by atoms with E-state index in [0.717, 1.165) is 24.8 Å². The van der Waals surface area contributed by atoms with Gasteiger partial charge >= 0.3 is 11.9 Å². The summed E-state index contributed by atoms with van der Waals surface area (Å²) in [5, 5.41) is 40.4. The van der Waals surface area contributed by atoms with Gasteiger partial charge in [0.15, 0.2) is 6.29 Å². The maximum Gasteiger partial charge on any atom is 0.334 e. The van der Waals surface area contributed by atoms with Crippen LogP contribution in [0.25, 0.3) is 0 Å². The average molecular weight is 539 g/mol. The molecule has 1 saturated carbocycles. The predicted octanol–water partition coefficient (Wildman–Crippen LogP) is 0.333. The third kappa shape index (κ3) is 4.42. The van der Waals surface area contributed by atoms with Gasteiger partial charge in [-0.3, -0.25) is 0 Å². The Bertz CT molecular complexity index is 1010. The molecule has 2 aliphatic carbocycles. The van der Waals surface area contributed by atoms with Crippen molar-refractivity contribution in [3.8, 4) is 0 Å². The number of aliphatic hydroxyl groups excluding tert-OH is 4. The summed E-state index contributed by atoms with van der Waals surface area (Å²) in [5.41, 5.74) is 0.609. The summed E-state index contributed by atoms with van der Waals surface area (Å²) >= 11 is 0. The zero-order valence-corrected chi connectivity index (χ0v) is 21.9. The summed E-state index contributed by atoms with van der Waals surface area (Å²) < 4.78 is 27.8. The fraction of sp³-hybridized carbons (Fsp3) is 0.778. The Morgan fingerprint density at radius 2 is 1.92 bits per heavy atom. The second-order valence-electron chi connectivity index (χ2n) is 11.6. The zero-order chi connectivity index (χ0) is 27.4. The predicted molar refractivity (Wildman–Crippen MR) is 129 cm³/mol. The van der Waals surface area contributed by atoms with Crippen molar-refractivity contribution in [3.63, 3.8) is 0 Å². The van der Waals surface area contributed by atoms with Crippen LogP contribution < -0.4 is 0 Å². The van der Waals surface area contributed by atoms with Crippen molar-refractivity contribution in [2.24, 2.45) is 22.7 Å². The number of carbonyl (C=O) groups excluding carboxylic acids is 2. The molecule has 0 aromatic heterocycles. The van der Waals surface area contributed by atoms with Gasteiger partial charge in [0.25, 0.3) is 0 Å². The van der Waals surface area contributed by atoms with Crippen LogP contribution >= 0.6 is 0 Å². The van der Waals surface area contributed by atoms with Gasteiger partial charge in [0.05, 0.1) is 12.7 Å². The number of hydrogen-bond donors (Lipinski definition) is 4. The summed E-state index contributed by atoms with van der Waals surface area (Å²) in [6.45, 7) is 4.14. The fourth-order valence-electron chi connectivity index (χ4n) is 7.32. The van der Waals surface area contributed by atoms with Crippen LogP contribution in [0.3, 0.4) is 0 Å². The molecule has 3 aliphatic heterocycles. The number of carbonyl (C=O) groups is 2.